The van der Waals surface area contributed by atoms with E-state index < -0.39 is 23.5 Å². The molecule has 0 spiro atoms. The number of carboxylic acid groups (broad SMARTS) is 1. The number of aliphatic carboxylic acids is 1. The second kappa shape index (κ2) is 12.3. The van der Waals surface area contributed by atoms with Gasteiger partial charge >= 0.3 is 5.97 Å². The maximum Gasteiger partial charge on any atom is 0.329 e. The van der Waals surface area contributed by atoms with E-state index in [2.05, 4.69) is 27.8 Å². The average molecular weight is 524 g/mol. The molecule has 1 saturated heterocycles. The number of hydrogen-bond donors (Lipinski definition) is 4. The standard InChI is InChI=1S/C28H37N5O5/c1-2-20-9-5-10-22(30-20)26(35)32-24(27(36)37)28(38)14-17-33(18-15-28)23(34)11-4-3-8-21-13-12-19-7-6-16-29-25(19)31-21/h5,9-10,12-13,24,38H,2-4,6-8,11,14-18H2,1H3,(H,29,31)(H,32,35)(H,36,37). The first-order valence-electron chi connectivity index (χ1n) is 13.5. The number of likely N-dealkylation sites (tertiary alicyclic amines) is 1. The van der Waals surface area contributed by atoms with Gasteiger partial charge in [-0.1, -0.05) is 19.1 Å². The van der Waals surface area contributed by atoms with E-state index in [1.165, 1.54) is 11.6 Å². The fraction of sp³-hybridized carbons (Fsp3) is 0.536. The van der Waals surface area contributed by atoms with Crippen LogP contribution in [0.25, 0.3) is 0 Å². The zero-order valence-corrected chi connectivity index (χ0v) is 21.9. The van der Waals surface area contributed by atoms with Crippen molar-refractivity contribution in [3.8, 4) is 0 Å². The molecule has 1 fully saturated rings. The number of rotatable bonds is 10. The van der Waals surface area contributed by atoms with Crippen molar-refractivity contribution >= 4 is 23.6 Å². The van der Waals surface area contributed by atoms with E-state index in [9.17, 15) is 24.6 Å². The normalized spacial score (nSPS) is 17.2. The summed E-state index contributed by atoms with van der Waals surface area (Å²) in [7, 11) is 0. The van der Waals surface area contributed by atoms with Crippen LogP contribution in [0.1, 0.15) is 72.9 Å². The topological polar surface area (TPSA) is 145 Å². The molecule has 1 atom stereocenters. The van der Waals surface area contributed by atoms with Crippen molar-refractivity contribution in [2.45, 2.75) is 76.4 Å². The lowest BCUT2D eigenvalue weighted by Gasteiger charge is -2.41. The zero-order valence-electron chi connectivity index (χ0n) is 21.9. The van der Waals surface area contributed by atoms with Gasteiger partial charge in [0.1, 0.15) is 11.5 Å². The van der Waals surface area contributed by atoms with Gasteiger partial charge in [0.2, 0.25) is 5.91 Å². The number of piperidine rings is 1. The number of aryl methyl sites for hydroxylation is 3. The van der Waals surface area contributed by atoms with Crippen LogP contribution in [-0.4, -0.2) is 74.1 Å². The summed E-state index contributed by atoms with van der Waals surface area (Å²) in [5, 5.41) is 26.7. The maximum absolute atomic E-state index is 12.8. The van der Waals surface area contributed by atoms with Gasteiger partial charge in [0.05, 0.1) is 5.60 Å². The van der Waals surface area contributed by atoms with Crippen LogP contribution in [0.3, 0.4) is 0 Å². The van der Waals surface area contributed by atoms with Gasteiger partial charge < -0.3 is 25.7 Å². The highest BCUT2D eigenvalue weighted by atomic mass is 16.4. The molecule has 2 aromatic rings. The first-order valence-corrected chi connectivity index (χ1v) is 13.5. The number of anilines is 1. The molecule has 204 valence electrons. The molecular weight excluding hydrogens is 486 g/mol. The van der Waals surface area contributed by atoms with Crippen LogP contribution in [0.4, 0.5) is 5.82 Å². The summed E-state index contributed by atoms with van der Waals surface area (Å²) in [6.45, 7) is 3.32. The molecule has 1 unspecified atom stereocenters. The Morgan fingerprint density at radius 3 is 2.63 bits per heavy atom. The molecule has 4 heterocycles. The van der Waals surface area contributed by atoms with E-state index in [0.29, 0.717) is 18.5 Å². The fourth-order valence-corrected chi connectivity index (χ4v) is 5.11. The van der Waals surface area contributed by atoms with Crippen molar-refractivity contribution in [1.82, 2.24) is 20.2 Å². The van der Waals surface area contributed by atoms with Crippen LogP contribution in [-0.2, 0) is 28.9 Å². The Labute approximate surface area is 222 Å². The Balaban J connectivity index is 1.24. The second-order valence-corrected chi connectivity index (χ2v) is 10.1. The number of aromatic nitrogens is 2. The number of amides is 2. The summed E-state index contributed by atoms with van der Waals surface area (Å²) in [6, 6.07) is 7.68. The van der Waals surface area contributed by atoms with E-state index in [4.69, 9.17) is 4.98 Å². The van der Waals surface area contributed by atoms with Gasteiger partial charge in [0.15, 0.2) is 6.04 Å². The number of nitrogens with one attached hydrogen (secondary N) is 2. The Morgan fingerprint density at radius 1 is 1.11 bits per heavy atom. The highest BCUT2D eigenvalue weighted by molar-refractivity contribution is 5.95. The van der Waals surface area contributed by atoms with Crippen molar-refractivity contribution in [3.05, 3.63) is 53.0 Å². The van der Waals surface area contributed by atoms with Crippen LogP contribution < -0.4 is 10.6 Å². The molecule has 10 nitrogen and oxygen atoms in total. The molecule has 10 heteroatoms. The predicted molar refractivity (Wildman–Crippen MR) is 142 cm³/mol. The first kappa shape index (κ1) is 27.5. The molecule has 0 aromatic carbocycles. The number of carbonyl (C=O) groups excluding carboxylic acids is 2. The molecule has 2 amide bonds. The molecule has 0 saturated carbocycles. The van der Waals surface area contributed by atoms with Crippen LogP contribution >= 0.6 is 0 Å². The van der Waals surface area contributed by atoms with Crippen molar-refractivity contribution in [3.63, 3.8) is 0 Å². The lowest BCUT2D eigenvalue weighted by Crippen LogP contribution is -2.61. The Kier molecular flexibility index (Phi) is 8.93. The second-order valence-electron chi connectivity index (χ2n) is 10.1. The van der Waals surface area contributed by atoms with Gasteiger partial charge in [-0.25, -0.2) is 14.8 Å². The van der Waals surface area contributed by atoms with Crippen LogP contribution in [0, 0.1) is 0 Å². The first-order chi connectivity index (χ1) is 18.3. The number of nitrogens with zero attached hydrogens (tertiary/aromatic N) is 3. The lowest BCUT2D eigenvalue weighted by molar-refractivity contribution is -0.151. The minimum Gasteiger partial charge on any atom is -0.480 e. The zero-order chi connectivity index (χ0) is 27.1. The van der Waals surface area contributed by atoms with Crippen LogP contribution in [0.5, 0.6) is 0 Å². The molecule has 4 N–H and O–H groups in total. The quantitative estimate of drug-likeness (QED) is 0.347. The molecule has 38 heavy (non-hydrogen) atoms. The molecular formula is C28H37N5O5. The minimum absolute atomic E-state index is 0.0105. The molecule has 4 rings (SSSR count). The number of unbranched alkanes of at least 4 members (excludes halogenated alkanes) is 1. The summed E-state index contributed by atoms with van der Waals surface area (Å²) in [5.41, 5.74) is 1.44. The minimum atomic E-state index is -1.66. The number of aliphatic hydroxyl groups is 1. The van der Waals surface area contributed by atoms with E-state index in [-0.39, 0.29) is 37.5 Å². The van der Waals surface area contributed by atoms with Crippen LogP contribution in [0.15, 0.2) is 30.3 Å². The molecule has 2 aliphatic heterocycles. The third-order valence-corrected chi connectivity index (χ3v) is 7.47. The van der Waals surface area contributed by atoms with E-state index in [0.717, 1.165) is 50.2 Å². The average Bonchev–Trinajstić information content (AvgIpc) is 2.93. The Bertz CT molecular complexity index is 1160. The number of carboxylic acids is 1. The molecule has 2 aromatic heterocycles. The Morgan fingerprint density at radius 2 is 1.89 bits per heavy atom. The maximum atomic E-state index is 12.8. The number of pyridine rings is 2. The van der Waals surface area contributed by atoms with E-state index in [1.54, 1.807) is 17.0 Å². The summed E-state index contributed by atoms with van der Waals surface area (Å²) < 4.78 is 0. The molecule has 2 aliphatic rings. The van der Waals surface area contributed by atoms with Crippen molar-refractivity contribution in [2.75, 3.05) is 25.0 Å². The van der Waals surface area contributed by atoms with Gasteiger partial charge in [0.25, 0.3) is 5.91 Å². The highest BCUT2D eigenvalue weighted by Gasteiger charge is 2.45. The number of hydrogen-bond acceptors (Lipinski definition) is 7. The summed E-state index contributed by atoms with van der Waals surface area (Å²) >= 11 is 0. The van der Waals surface area contributed by atoms with Gasteiger partial charge in [-0.05, 0) is 75.1 Å². The van der Waals surface area contributed by atoms with Gasteiger partial charge in [-0.15, -0.1) is 0 Å². The van der Waals surface area contributed by atoms with Gasteiger partial charge in [0, 0.05) is 37.4 Å². The molecule has 0 aliphatic carbocycles. The van der Waals surface area contributed by atoms with E-state index >= 15 is 0 Å². The lowest BCUT2D eigenvalue weighted by atomic mass is 9.83. The molecule has 0 radical (unpaired) electrons. The monoisotopic (exact) mass is 523 g/mol. The smallest absolute Gasteiger partial charge is 0.329 e. The largest absolute Gasteiger partial charge is 0.480 e. The summed E-state index contributed by atoms with van der Waals surface area (Å²) in [5.74, 6) is -1.00. The van der Waals surface area contributed by atoms with Gasteiger partial charge in [-0.3, -0.25) is 9.59 Å². The SMILES string of the molecule is CCc1cccc(C(=O)NC(C(=O)O)C2(O)CCN(C(=O)CCCCc3ccc4c(n3)NCCC4)CC2)n1. The predicted octanol–water partition coefficient (Wildman–Crippen LogP) is 2.35. The summed E-state index contributed by atoms with van der Waals surface area (Å²) in [6.07, 6.45) is 5.70. The number of carbonyl (C=O) groups is 3. The third kappa shape index (κ3) is 6.66. The van der Waals surface area contributed by atoms with E-state index in [1.807, 2.05) is 6.92 Å². The Hall–Kier alpha value is -3.53. The summed E-state index contributed by atoms with van der Waals surface area (Å²) in [4.78, 5) is 48.0. The molecule has 0 bridgehead atoms. The van der Waals surface area contributed by atoms with Crippen LogP contribution in [0.2, 0.25) is 0 Å². The number of fused-ring (bicyclic) bond motifs is 1. The van der Waals surface area contributed by atoms with Crippen molar-refractivity contribution < 1.29 is 24.6 Å². The fourth-order valence-electron chi connectivity index (χ4n) is 5.11. The van der Waals surface area contributed by atoms with Crippen molar-refractivity contribution in [1.29, 1.82) is 0 Å². The highest BCUT2D eigenvalue weighted by Crippen LogP contribution is 2.27. The third-order valence-electron chi connectivity index (χ3n) is 7.47. The van der Waals surface area contributed by atoms with Gasteiger partial charge in [-0.2, -0.15) is 0 Å². The van der Waals surface area contributed by atoms with Crippen molar-refractivity contribution in [2.24, 2.45) is 0 Å².